The second kappa shape index (κ2) is 5.90. The van der Waals surface area contributed by atoms with Gasteiger partial charge in [-0.25, -0.2) is 15.0 Å². The van der Waals surface area contributed by atoms with E-state index >= 15 is 0 Å². The summed E-state index contributed by atoms with van der Waals surface area (Å²) in [7, 11) is 1.94. The minimum absolute atomic E-state index is 0.101. The van der Waals surface area contributed by atoms with Crippen LogP contribution in [0.25, 0.3) is 11.2 Å². The zero-order valence-electron chi connectivity index (χ0n) is 13.0. The monoisotopic (exact) mass is 329 g/mol. The van der Waals surface area contributed by atoms with Gasteiger partial charge in [0, 0.05) is 32.2 Å². The van der Waals surface area contributed by atoms with Gasteiger partial charge in [-0.3, -0.25) is 0 Å². The fraction of sp³-hybridized carbons (Fsp3) is 0.438. The van der Waals surface area contributed by atoms with Gasteiger partial charge in [0.05, 0.1) is 6.33 Å². The molecule has 0 saturated carbocycles. The number of anilines is 1. The Balaban J connectivity index is 1.62. The highest BCUT2D eigenvalue weighted by Crippen LogP contribution is 2.36. The summed E-state index contributed by atoms with van der Waals surface area (Å²) in [6, 6.07) is 2.23. The van der Waals surface area contributed by atoms with Gasteiger partial charge in [-0.1, -0.05) is 0 Å². The fourth-order valence-electron chi connectivity index (χ4n) is 3.22. The predicted molar refractivity (Wildman–Crippen MR) is 90.8 cm³/mol. The van der Waals surface area contributed by atoms with Crippen molar-refractivity contribution >= 4 is 28.3 Å². The van der Waals surface area contributed by atoms with Crippen LogP contribution in [0.1, 0.15) is 18.4 Å². The molecule has 1 aliphatic heterocycles. The summed E-state index contributed by atoms with van der Waals surface area (Å²) in [5, 5.41) is 7.92. The molecule has 0 amide bonds. The number of rotatable bonds is 4. The van der Waals surface area contributed by atoms with Crippen molar-refractivity contribution in [1.29, 1.82) is 0 Å². The third-order valence-corrected chi connectivity index (χ3v) is 5.36. The summed E-state index contributed by atoms with van der Waals surface area (Å²) in [6.45, 7) is 2.44. The lowest BCUT2D eigenvalue weighted by atomic mass is 9.75. The Hall–Kier alpha value is -1.99. The topological polar surface area (TPSA) is 64.9 Å². The third-order valence-electron chi connectivity index (χ3n) is 4.67. The van der Waals surface area contributed by atoms with E-state index in [9.17, 15) is 0 Å². The molecule has 0 bridgehead atoms. The first-order valence-corrected chi connectivity index (χ1v) is 8.69. The first-order chi connectivity index (χ1) is 11.3. The van der Waals surface area contributed by atoms with Crippen molar-refractivity contribution < 1.29 is 4.74 Å². The Morgan fingerprint density at radius 3 is 2.96 bits per heavy atom. The molecule has 0 aromatic carbocycles. The zero-order chi connectivity index (χ0) is 15.7. The highest BCUT2D eigenvalue weighted by Gasteiger charge is 2.35. The van der Waals surface area contributed by atoms with E-state index in [0.29, 0.717) is 0 Å². The molecule has 4 rings (SSSR count). The van der Waals surface area contributed by atoms with Gasteiger partial charge < -0.3 is 14.6 Å². The van der Waals surface area contributed by atoms with Crippen LogP contribution in [0.4, 0.5) is 5.82 Å². The van der Waals surface area contributed by atoms with Crippen LogP contribution in [0, 0.1) is 0 Å². The average Bonchev–Trinajstić information content (AvgIpc) is 3.25. The van der Waals surface area contributed by atoms with E-state index in [1.165, 1.54) is 5.56 Å². The second-order valence-electron chi connectivity index (χ2n) is 6.01. The number of nitrogens with zero attached hydrogens (tertiary/aromatic N) is 4. The van der Waals surface area contributed by atoms with Crippen LogP contribution >= 0.6 is 11.3 Å². The van der Waals surface area contributed by atoms with Gasteiger partial charge in [-0.15, -0.1) is 0 Å². The fourth-order valence-corrected chi connectivity index (χ4v) is 4.00. The van der Waals surface area contributed by atoms with E-state index in [4.69, 9.17) is 4.74 Å². The molecule has 0 atom stereocenters. The lowest BCUT2D eigenvalue weighted by Gasteiger charge is -2.37. The maximum Gasteiger partial charge on any atom is 0.165 e. The molecule has 120 valence electrons. The maximum absolute atomic E-state index is 5.58. The van der Waals surface area contributed by atoms with Gasteiger partial charge in [0.15, 0.2) is 11.5 Å². The van der Waals surface area contributed by atoms with Crippen LogP contribution in [0.15, 0.2) is 29.5 Å². The van der Waals surface area contributed by atoms with Crippen molar-refractivity contribution in [2.75, 3.05) is 25.1 Å². The van der Waals surface area contributed by atoms with Crippen LogP contribution in [0.3, 0.4) is 0 Å². The highest BCUT2D eigenvalue weighted by atomic mass is 32.1. The number of thiophene rings is 1. The van der Waals surface area contributed by atoms with E-state index in [1.807, 2.05) is 11.6 Å². The van der Waals surface area contributed by atoms with E-state index in [-0.39, 0.29) is 5.41 Å². The molecule has 0 spiro atoms. The number of imidazole rings is 1. The summed E-state index contributed by atoms with van der Waals surface area (Å²) in [5.41, 5.74) is 3.16. The number of fused-ring (bicyclic) bond motifs is 1. The molecule has 1 saturated heterocycles. The molecule has 7 heteroatoms. The number of hydrogen-bond acceptors (Lipinski definition) is 6. The lowest BCUT2D eigenvalue weighted by Crippen LogP contribution is -2.39. The van der Waals surface area contributed by atoms with Crippen LogP contribution in [-0.4, -0.2) is 39.3 Å². The summed E-state index contributed by atoms with van der Waals surface area (Å²) in [6.07, 6.45) is 5.40. The molecule has 1 fully saturated rings. The Morgan fingerprint density at radius 1 is 1.30 bits per heavy atom. The van der Waals surface area contributed by atoms with Gasteiger partial charge in [0.25, 0.3) is 0 Å². The maximum atomic E-state index is 5.58. The normalized spacial score (nSPS) is 17.4. The Bertz CT molecular complexity index is 792. The van der Waals surface area contributed by atoms with Gasteiger partial charge in [-0.05, 0) is 35.2 Å². The zero-order valence-corrected chi connectivity index (χ0v) is 13.8. The lowest BCUT2D eigenvalue weighted by molar-refractivity contribution is 0.0545. The summed E-state index contributed by atoms with van der Waals surface area (Å²) in [5.74, 6) is 0.802. The van der Waals surface area contributed by atoms with Crippen molar-refractivity contribution in [1.82, 2.24) is 19.5 Å². The van der Waals surface area contributed by atoms with E-state index in [0.717, 1.165) is 49.6 Å². The molecule has 4 heterocycles. The number of aromatic nitrogens is 4. The van der Waals surface area contributed by atoms with E-state index in [2.05, 4.69) is 37.1 Å². The summed E-state index contributed by atoms with van der Waals surface area (Å²) < 4.78 is 7.49. The molecular formula is C16H19N5OS. The first kappa shape index (κ1) is 14.6. The predicted octanol–water partition coefficient (Wildman–Crippen LogP) is 2.59. The minimum Gasteiger partial charge on any atom is -0.381 e. The van der Waals surface area contributed by atoms with E-state index < -0.39 is 0 Å². The molecule has 3 aromatic rings. The largest absolute Gasteiger partial charge is 0.381 e. The number of ether oxygens (including phenoxy) is 1. The van der Waals surface area contributed by atoms with Crippen molar-refractivity contribution in [2.24, 2.45) is 7.05 Å². The molecule has 1 aliphatic rings. The standard InChI is InChI=1S/C16H19N5OS/c1-21-11-20-13-14(18-10-19-15(13)21)17-9-16(3-5-22-6-4-16)12-2-7-23-8-12/h2,7-8,10-11H,3-6,9H2,1H3,(H,17,18,19). The van der Waals surface area contributed by atoms with Crippen LogP contribution in [0.5, 0.6) is 0 Å². The van der Waals surface area contributed by atoms with Crippen LogP contribution in [0.2, 0.25) is 0 Å². The van der Waals surface area contributed by atoms with Crippen molar-refractivity contribution in [3.8, 4) is 0 Å². The molecule has 6 nitrogen and oxygen atoms in total. The smallest absolute Gasteiger partial charge is 0.165 e. The van der Waals surface area contributed by atoms with Crippen LogP contribution < -0.4 is 5.32 Å². The summed E-state index contributed by atoms with van der Waals surface area (Å²) >= 11 is 1.75. The quantitative estimate of drug-likeness (QED) is 0.797. The minimum atomic E-state index is 0.101. The van der Waals surface area contributed by atoms with Crippen LogP contribution in [-0.2, 0) is 17.2 Å². The Labute approximate surface area is 138 Å². The SMILES string of the molecule is Cn1cnc2c(NCC3(c4ccsc4)CCOCC3)ncnc21. The van der Waals surface area contributed by atoms with Gasteiger partial charge >= 0.3 is 0 Å². The molecular weight excluding hydrogens is 310 g/mol. The van der Waals surface area contributed by atoms with Crippen molar-refractivity contribution in [3.05, 3.63) is 35.0 Å². The van der Waals surface area contributed by atoms with Crippen molar-refractivity contribution in [3.63, 3.8) is 0 Å². The Morgan fingerprint density at radius 2 is 2.17 bits per heavy atom. The van der Waals surface area contributed by atoms with Gasteiger partial charge in [-0.2, -0.15) is 11.3 Å². The molecule has 0 aliphatic carbocycles. The highest BCUT2D eigenvalue weighted by molar-refractivity contribution is 7.08. The molecule has 0 unspecified atom stereocenters. The number of nitrogens with one attached hydrogen (secondary N) is 1. The molecule has 3 aromatic heterocycles. The van der Waals surface area contributed by atoms with E-state index in [1.54, 1.807) is 24.0 Å². The van der Waals surface area contributed by atoms with Gasteiger partial charge in [0.2, 0.25) is 0 Å². The number of aryl methyl sites for hydroxylation is 1. The molecule has 1 N–H and O–H groups in total. The Kier molecular flexibility index (Phi) is 3.74. The molecule has 23 heavy (non-hydrogen) atoms. The average molecular weight is 329 g/mol. The third kappa shape index (κ3) is 2.60. The second-order valence-corrected chi connectivity index (χ2v) is 6.79. The molecule has 0 radical (unpaired) electrons. The summed E-state index contributed by atoms with van der Waals surface area (Å²) in [4.78, 5) is 13.1. The van der Waals surface area contributed by atoms with Crippen molar-refractivity contribution in [2.45, 2.75) is 18.3 Å². The van der Waals surface area contributed by atoms with Gasteiger partial charge in [0.1, 0.15) is 11.8 Å². The number of hydrogen-bond donors (Lipinski definition) is 1. The first-order valence-electron chi connectivity index (χ1n) is 7.75.